The molecule has 2 rings (SSSR count). The van der Waals surface area contributed by atoms with Crippen molar-refractivity contribution in [2.45, 2.75) is 6.92 Å². The van der Waals surface area contributed by atoms with Crippen LogP contribution in [0.2, 0.25) is 0 Å². The second-order valence-electron chi connectivity index (χ2n) is 3.62. The van der Waals surface area contributed by atoms with Crippen molar-refractivity contribution in [3.63, 3.8) is 0 Å². The van der Waals surface area contributed by atoms with Crippen LogP contribution in [0, 0.1) is 12.7 Å². The number of rotatable bonds is 3. The lowest BCUT2D eigenvalue weighted by molar-refractivity contribution is 0.103. The van der Waals surface area contributed by atoms with Gasteiger partial charge >= 0.3 is 0 Å². The van der Waals surface area contributed by atoms with Crippen molar-refractivity contribution in [1.82, 2.24) is 0 Å². The lowest BCUT2D eigenvalue weighted by Gasteiger charge is -2.04. The average molecular weight is 250 g/mol. The van der Waals surface area contributed by atoms with Crippen molar-refractivity contribution in [1.29, 1.82) is 0 Å². The van der Waals surface area contributed by atoms with Crippen LogP contribution < -0.4 is 4.74 Å². The Kier molecular flexibility index (Phi) is 3.24. The summed E-state index contributed by atoms with van der Waals surface area (Å²) in [6.07, 6.45) is 0. The monoisotopic (exact) mass is 250 g/mol. The fourth-order valence-electron chi connectivity index (χ4n) is 1.53. The van der Waals surface area contributed by atoms with E-state index in [1.54, 1.807) is 5.38 Å². The summed E-state index contributed by atoms with van der Waals surface area (Å²) in [7, 11) is 1.38. The van der Waals surface area contributed by atoms with Crippen LogP contribution in [0.1, 0.15) is 20.8 Å². The molecule has 0 saturated heterocycles. The van der Waals surface area contributed by atoms with Crippen LogP contribution in [0.3, 0.4) is 0 Å². The Balaban J connectivity index is 2.37. The highest BCUT2D eigenvalue weighted by molar-refractivity contribution is 7.10. The topological polar surface area (TPSA) is 26.3 Å². The molecular weight excluding hydrogens is 239 g/mol. The number of carbonyl (C=O) groups is 1. The molecule has 0 atom stereocenters. The van der Waals surface area contributed by atoms with Gasteiger partial charge in [-0.2, -0.15) is 0 Å². The number of halogens is 1. The van der Waals surface area contributed by atoms with Crippen LogP contribution in [-0.2, 0) is 0 Å². The maximum atomic E-state index is 13.2. The van der Waals surface area contributed by atoms with Gasteiger partial charge in [-0.15, -0.1) is 11.3 Å². The van der Waals surface area contributed by atoms with Crippen LogP contribution in [0.25, 0.3) is 0 Å². The molecule has 1 heterocycles. The molecule has 0 fully saturated rings. The zero-order chi connectivity index (χ0) is 12.4. The molecule has 0 aliphatic heterocycles. The van der Waals surface area contributed by atoms with E-state index >= 15 is 0 Å². The Morgan fingerprint density at radius 1 is 1.29 bits per heavy atom. The van der Waals surface area contributed by atoms with E-state index in [-0.39, 0.29) is 11.5 Å². The lowest BCUT2D eigenvalue weighted by atomic mass is 10.1. The van der Waals surface area contributed by atoms with E-state index in [2.05, 4.69) is 0 Å². The maximum absolute atomic E-state index is 13.2. The van der Waals surface area contributed by atoms with Crippen LogP contribution in [0.4, 0.5) is 4.39 Å². The normalized spacial score (nSPS) is 10.3. The Bertz CT molecular complexity index is 560. The van der Waals surface area contributed by atoms with E-state index in [1.165, 1.54) is 36.6 Å². The second-order valence-corrected chi connectivity index (χ2v) is 4.74. The molecule has 0 saturated carbocycles. The Hall–Kier alpha value is -1.68. The number of carbonyl (C=O) groups excluding carboxylic acids is 1. The summed E-state index contributed by atoms with van der Waals surface area (Å²) in [5.41, 5.74) is 1.06. The molecule has 17 heavy (non-hydrogen) atoms. The van der Waals surface area contributed by atoms with E-state index in [0.717, 1.165) is 4.88 Å². The van der Waals surface area contributed by atoms with Gasteiger partial charge in [0.1, 0.15) is 0 Å². The Morgan fingerprint density at radius 2 is 2.06 bits per heavy atom. The van der Waals surface area contributed by atoms with Crippen molar-refractivity contribution in [3.05, 3.63) is 51.5 Å². The van der Waals surface area contributed by atoms with Gasteiger partial charge in [0.2, 0.25) is 0 Å². The minimum Gasteiger partial charge on any atom is -0.494 e. The van der Waals surface area contributed by atoms with Crippen molar-refractivity contribution in [3.8, 4) is 5.75 Å². The predicted molar refractivity (Wildman–Crippen MR) is 65.4 cm³/mol. The molecule has 2 aromatic rings. The highest BCUT2D eigenvalue weighted by Crippen LogP contribution is 2.22. The summed E-state index contributed by atoms with van der Waals surface area (Å²) in [4.78, 5) is 13.1. The molecule has 0 aliphatic rings. The van der Waals surface area contributed by atoms with Crippen LogP contribution in [0.15, 0.2) is 29.6 Å². The molecular formula is C13H11FO2S. The van der Waals surface area contributed by atoms with Gasteiger partial charge in [0.05, 0.1) is 7.11 Å². The van der Waals surface area contributed by atoms with Crippen molar-refractivity contribution in [2.75, 3.05) is 7.11 Å². The van der Waals surface area contributed by atoms with Crippen LogP contribution in [0.5, 0.6) is 5.75 Å². The van der Waals surface area contributed by atoms with Gasteiger partial charge in [0, 0.05) is 21.4 Å². The number of ether oxygens (including phenoxy) is 1. The Morgan fingerprint density at radius 3 is 2.65 bits per heavy atom. The number of methoxy groups -OCH3 is 1. The minimum atomic E-state index is -0.467. The van der Waals surface area contributed by atoms with E-state index in [0.29, 0.717) is 11.1 Å². The summed E-state index contributed by atoms with van der Waals surface area (Å²) >= 11 is 1.51. The van der Waals surface area contributed by atoms with Gasteiger partial charge in [-0.3, -0.25) is 4.79 Å². The number of ketones is 1. The summed E-state index contributed by atoms with van der Waals surface area (Å²) < 4.78 is 18.1. The molecule has 0 amide bonds. The van der Waals surface area contributed by atoms with Gasteiger partial charge in [0.15, 0.2) is 17.3 Å². The van der Waals surface area contributed by atoms with E-state index < -0.39 is 5.82 Å². The first-order valence-electron chi connectivity index (χ1n) is 5.05. The standard InChI is InChI=1S/C13H11FO2S/c1-8-5-10(7-17-8)13(15)9-3-4-11(14)12(6-9)16-2/h3-7H,1-2H3. The molecule has 1 aromatic heterocycles. The number of aryl methyl sites for hydroxylation is 1. The molecule has 4 heteroatoms. The van der Waals surface area contributed by atoms with Crippen molar-refractivity contribution in [2.24, 2.45) is 0 Å². The fourth-order valence-corrected chi connectivity index (χ4v) is 2.21. The molecule has 1 aromatic carbocycles. The van der Waals surface area contributed by atoms with Crippen LogP contribution >= 0.6 is 11.3 Å². The minimum absolute atomic E-state index is 0.0859. The van der Waals surface area contributed by atoms with E-state index in [1.807, 2.05) is 13.0 Å². The third-order valence-corrected chi connectivity index (χ3v) is 3.27. The van der Waals surface area contributed by atoms with E-state index in [9.17, 15) is 9.18 Å². The van der Waals surface area contributed by atoms with Gasteiger partial charge in [-0.05, 0) is 31.2 Å². The summed E-state index contributed by atoms with van der Waals surface area (Å²) in [5, 5.41) is 1.80. The van der Waals surface area contributed by atoms with Gasteiger partial charge in [-0.1, -0.05) is 0 Å². The highest BCUT2D eigenvalue weighted by Gasteiger charge is 2.13. The number of thiophene rings is 1. The summed E-state index contributed by atoms with van der Waals surface area (Å²) in [5.74, 6) is -0.499. The molecule has 2 nitrogen and oxygen atoms in total. The fraction of sp³-hybridized carbons (Fsp3) is 0.154. The summed E-state index contributed by atoms with van der Waals surface area (Å²) in [6.45, 7) is 1.94. The zero-order valence-corrected chi connectivity index (χ0v) is 10.3. The zero-order valence-electron chi connectivity index (χ0n) is 9.49. The molecule has 0 N–H and O–H groups in total. The SMILES string of the molecule is COc1cc(C(=O)c2csc(C)c2)ccc1F. The lowest BCUT2D eigenvalue weighted by Crippen LogP contribution is -2.01. The van der Waals surface area contributed by atoms with Gasteiger partial charge in [-0.25, -0.2) is 4.39 Å². The smallest absolute Gasteiger partial charge is 0.194 e. The van der Waals surface area contributed by atoms with Crippen LogP contribution in [-0.4, -0.2) is 12.9 Å². The third-order valence-electron chi connectivity index (χ3n) is 2.41. The maximum Gasteiger partial charge on any atom is 0.194 e. The van der Waals surface area contributed by atoms with Crippen molar-refractivity contribution < 1.29 is 13.9 Å². The number of benzene rings is 1. The molecule has 0 radical (unpaired) electrons. The first kappa shape index (κ1) is 11.8. The molecule has 0 bridgehead atoms. The number of hydrogen-bond donors (Lipinski definition) is 0. The average Bonchev–Trinajstić information content (AvgIpc) is 2.75. The summed E-state index contributed by atoms with van der Waals surface area (Å²) in [6, 6.07) is 5.95. The first-order chi connectivity index (χ1) is 8.11. The predicted octanol–water partition coefficient (Wildman–Crippen LogP) is 3.44. The quantitative estimate of drug-likeness (QED) is 0.780. The molecule has 0 spiro atoms. The van der Waals surface area contributed by atoms with E-state index in [4.69, 9.17) is 4.74 Å². The number of hydrogen-bond acceptors (Lipinski definition) is 3. The largest absolute Gasteiger partial charge is 0.494 e. The highest BCUT2D eigenvalue weighted by atomic mass is 32.1. The second kappa shape index (κ2) is 4.67. The van der Waals surface area contributed by atoms with Gasteiger partial charge in [0.25, 0.3) is 0 Å². The first-order valence-corrected chi connectivity index (χ1v) is 5.93. The molecule has 0 aliphatic carbocycles. The molecule has 88 valence electrons. The van der Waals surface area contributed by atoms with Crippen molar-refractivity contribution >= 4 is 17.1 Å². The molecule has 0 unspecified atom stereocenters. The van der Waals surface area contributed by atoms with Gasteiger partial charge < -0.3 is 4.74 Å². The Labute approximate surface area is 103 Å². The third kappa shape index (κ3) is 2.36.